The highest BCUT2D eigenvalue weighted by atomic mass is 14.7. The van der Waals surface area contributed by atoms with Gasteiger partial charge in [-0.1, -0.05) is 37.6 Å². The molecule has 88 valence electrons. The van der Waals surface area contributed by atoms with Gasteiger partial charge in [0.25, 0.3) is 0 Å². The maximum absolute atomic E-state index is 6.23. The molecule has 0 aliphatic heterocycles. The van der Waals surface area contributed by atoms with E-state index in [0.717, 1.165) is 19.3 Å². The second-order valence-electron chi connectivity index (χ2n) is 5.01. The molecule has 0 spiro atoms. The van der Waals surface area contributed by atoms with Crippen molar-refractivity contribution in [3.63, 3.8) is 0 Å². The molecule has 0 saturated heterocycles. The molecule has 1 unspecified atom stereocenters. The Hall–Kier alpha value is -0.860. The van der Waals surface area contributed by atoms with Gasteiger partial charge in [0.1, 0.15) is 0 Å². The molecule has 1 aliphatic carbocycles. The van der Waals surface area contributed by atoms with E-state index in [1.165, 1.54) is 17.5 Å². The van der Waals surface area contributed by atoms with Crippen LogP contribution in [0.1, 0.15) is 43.4 Å². The molecule has 2 heteroatoms. The molecule has 2 rings (SSSR count). The Kier molecular flexibility index (Phi) is 3.62. The lowest BCUT2D eigenvalue weighted by Crippen LogP contribution is -2.41. The van der Waals surface area contributed by atoms with E-state index >= 15 is 0 Å². The van der Waals surface area contributed by atoms with Crippen LogP contribution in [-0.4, -0.2) is 6.04 Å². The molecule has 16 heavy (non-hydrogen) atoms. The minimum atomic E-state index is 0.176. The van der Waals surface area contributed by atoms with Crippen LogP contribution in [0.25, 0.3) is 0 Å². The lowest BCUT2D eigenvalue weighted by molar-refractivity contribution is 0.224. The number of aryl methyl sites for hydroxylation is 1. The third kappa shape index (κ3) is 2.45. The number of nitrogens with two attached hydrogens (primary N) is 2. The van der Waals surface area contributed by atoms with E-state index < -0.39 is 0 Å². The second-order valence-corrected chi connectivity index (χ2v) is 5.01. The first-order chi connectivity index (χ1) is 7.70. The zero-order chi connectivity index (χ0) is 11.5. The van der Waals surface area contributed by atoms with E-state index in [0.29, 0.717) is 12.0 Å². The fourth-order valence-corrected chi connectivity index (χ4v) is 2.47. The van der Waals surface area contributed by atoms with Gasteiger partial charge in [0.15, 0.2) is 0 Å². The van der Waals surface area contributed by atoms with Crippen LogP contribution in [0.4, 0.5) is 0 Å². The van der Waals surface area contributed by atoms with Gasteiger partial charge in [-0.2, -0.15) is 0 Å². The van der Waals surface area contributed by atoms with Crippen LogP contribution in [0.2, 0.25) is 0 Å². The second kappa shape index (κ2) is 4.98. The third-order valence-corrected chi connectivity index (χ3v) is 3.62. The van der Waals surface area contributed by atoms with Gasteiger partial charge in [-0.3, -0.25) is 0 Å². The first kappa shape index (κ1) is 11.6. The Morgan fingerprint density at radius 2 is 1.88 bits per heavy atom. The molecular formula is C14H22N2. The molecule has 0 radical (unpaired) electrons. The van der Waals surface area contributed by atoms with Crippen LogP contribution < -0.4 is 11.5 Å². The SMILES string of the molecule is CCCc1ccc(C(N)C2CC(N)C2)cc1. The van der Waals surface area contributed by atoms with E-state index in [-0.39, 0.29) is 6.04 Å². The van der Waals surface area contributed by atoms with E-state index in [2.05, 4.69) is 31.2 Å². The van der Waals surface area contributed by atoms with Crippen molar-refractivity contribution in [1.82, 2.24) is 0 Å². The summed E-state index contributed by atoms with van der Waals surface area (Å²) in [5, 5.41) is 0. The van der Waals surface area contributed by atoms with Crippen molar-refractivity contribution in [3.8, 4) is 0 Å². The number of hydrogen-bond donors (Lipinski definition) is 2. The third-order valence-electron chi connectivity index (χ3n) is 3.62. The number of benzene rings is 1. The van der Waals surface area contributed by atoms with Gasteiger partial charge in [0.05, 0.1) is 0 Å². The fraction of sp³-hybridized carbons (Fsp3) is 0.571. The molecule has 0 aromatic heterocycles. The lowest BCUT2D eigenvalue weighted by Gasteiger charge is -2.37. The minimum absolute atomic E-state index is 0.176. The van der Waals surface area contributed by atoms with E-state index in [4.69, 9.17) is 11.5 Å². The van der Waals surface area contributed by atoms with Gasteiger partial charge in [0, 0.05) is 12.1 Å². The van der Waals surface area contributed by atoms with Gasteiger partial charge >= 0.3 is 0 Å². The summed E-state index contributed by atoms with van der Waals surface area (Å²) in [6, 6.07) is 9.33. The van der Waals surface area contributed by atoms with Crippen molar-refractivity contribution in [2.24, 2.45) is 17.4 Å². The van der Waals surface area contributed by atoms with Gasteiger partial charge < -0.3 is 11.5 Å². The average Bonchev–Trinajstić information content (AvgIpc) is 2.25. The molecule has 1 aromatic carbocycles. The van der Waals surface area contributed by atoms with Crippen LogP contribution in [0, 0.1) is 5.92 Å². The number of rotatable bonds is 4. The first-order valence-corrected chi connectivity index (χ1v) is 6.30. The smallest absolute Gasteiger partial charge is 0.0324 e. The van der Waals surface area contributed by atoms with Gasteiger partial charge in [-0.25, -0.2) is 0 Å². The topological polar surface area (TPSA) is 52.0 Å². The summed E-state index contributed by atoms with van der Waals surface area (Å²) in [7, 11) is 0. The molecular weight excluding hydrogens is 196 g/mol. The standard InChI is InChI=1S/C14H22N2/c1-2-3-10-4-6-11(7-5-10)14(16)12-8-13(15)9-12/h4-7,12-14H,2-3,8-9,15-16H2,1H3. The molecule has 1 atom stereocenters. The average molecular weight is 218 g/mol. The maximum atomic E-state index is 6.23. The summed E-state index contributed by atoms with van der Waals surface area (Å²) in [4.78, 5) is 0. The normalized spacial score (nSPS) is 26.2. The minimum Gasteiger partial charge on any atom is -0.328 e. The predicted octanol–water partition coefficient (Wildman–Crippen LogP) is 2.38. The van der Waals surface area contributed by atoms with E-state index in [1.807, 2.05) is 0 Å². The van der Waals surface area contributed by atoms with Gasteiger partial charge in [-0.05, 0) is 36.3 Å². The zero-order valence-electron chi connectivity index (χ0n) is 10.0. The van der Waals surface area contributed by atoms with Crippen LogP contribution >= 0.6 is 0 Å². The molecule has 1 saturated carbocycles. The Bertz CT molecular complexity index is 325. The highest BCUT2D eigenvalue weighted by molar-refractivity contribution is 5.26. The van der Waals surface area contributed by atoms with Crippen molar-refractivity contribution >= 4 is 0 Å². The van der Waals surface area contributed by atoms with Gasteiger partial charge in [0.2, 0.25) is 0 Å². The van der Waals surface area contributed by atoms with Crippen LogP contribution in [-0.2, 0) is 6.42 Å². The molecule has 1 aliphatic rings. The van der Waals surface area contributed by atoms with Crippen LogP contribution in [0.5, 0.6) is 0 Å². The molecule has 0 amide bonds. The summed E-state index contributed by atoms with van der Waals surface area (Å²) in [5.41, 5.74) is 14.7. The molecule has 0 bridgehead atoms. The fourth-order valence-electron chi connectivity index (χ4n) is 2.47. The summed E-state index contributed by atoms with van der Waals surface area (Å²) in [6.45, 7) is 2.20. The van der Waals surface area contributed by atoms with Crippen molar-refractivity contribution in [2.75, 3.05) is 0 Å². The van der Waals surface area contributed by atoms with Crippen LogP contribution in [0.15, 0.2) is 24.3 Å². The van der Waals surface area contributed by atoms with Crippen molar-refractivity contribution in [3.05, 3.63) is 35.4 Å². The summed E-state index contributed by atoms with van der Waals surface area (Å²) in [5.74, 6) is 0.590. The van der Waals surface area contributed by atoms with E-state index in [1.54, 1.807) is 0 Å². The lowest BCUT2D eigenvalue weighted by atomic mass is 9.74. The van der Waals surface area contributed by atoms with Crippen molar-refractivity contribution in [2.45, 2.75) is 44.7 Å². The number of hydrogen-bond acceptors (Lipinski definition) is 2. The summed E-state index contributed by atoms with van der Waals surface area (Å²) >= 11 is 0. The predicted molar refractivity (Wildman–Crippen MR) is 68.1 cm³/mol. The quantitative estimate of drug-likeness (QED) is 0.815. The zero-order valence-corrected chi connectivity index (χ0v) is 10.0. The van der Waals surface area contributed by atoms with Crippen molar-refractivity contribution < 1.29 is 0 Å². The Morgan fingerprint density at radius 3 is 2.38 bits per heavy atom. The maximum Gasteiger partial charge on any atom is 0.0324 e. The molecule has 1 fully saturated rings. The largest absolute Gasteiger partial charge is 0.328 e. The summed E-state index contributed by atoms with van der Waals surface area (Å²) < 4.78 is 0. The van der Waals surface area contributed by atoms with Gasteiger partial charge in [-0.15, -0.1) is 0 Å². The monoisotopic (exact) mass is 218 g/mol. The highest BCUT2D eigenvalue weighted by Gasteiger charge is 2.31. The molecule has 1 aromatic rings. The first-order valence-electron chi connectivity index (χ1n) is 6.30. The Morgan fingerprint density at radius 1 is 1.25 bits per heavy atom. The Balaban J connectivity index is 1.98. The van der Waals surface area contributed by atoms with Crippen LogP contribution in [0.3, 0.4) is 0 Å². The molecule has 4 N–H and O–H groups in total. The van der Waals surface area contributed by atoms with E-state index in [9.17, 15) is 0 Å². The Labute approximate surface area is 98.0 Å². The summed E-state index contributed by atoms with van der Waals surface area (Å²) in [6.07, 6.45) is 4.52. The van der Waals surface area contributed by atoms with Crippen molar-refractivity contribution in [1.29, 1.82) is 0 Å². The molecule has 2 nitrogen and oxygen atoms in total. The molecule has 0 heterocycles. The highest BCUT2D eigenvalue weighted by Crippen LogP contribution is 2.35.